The predicted molar refractivity (Wildman–Crippen MR) is 93.5 cm³/mol. The summed E-state index contributed by atoms with van der Waals surface area (Å²) in [6.07, 6.45) is 0. The fourth-order valence-corrected chi connectivity index (χ4v) is 3.08. The molecule has 0 saturated carbocycles. The Kier molecular flexibility index (Phi) is 5.29. The summed E-state index contributed by atoms with van der Waals surface area (Å²) in [5.41, 5.74) is 1.69. The highest BCUT2D eigenvalue weighted by Gasteiger charge is 2.23. The maximum Gasteiger partial charge on any atom is 0.147 e. The Labute approximate surface area is 146 Å². The van der Waals surface area contributed by atoms with E-state index in [1.807, 2.05) is 13.8 Å². The third-order valence-electron chi connectivity index (χ3n) is 3.80. The van der Waals surface area contributed by atoms with E-state index in [4.69, 9.17) is 0 Å². The number of hydrogen-bond donors (Lipinski definition) is 2. The molecule has 2 aromatic rings. The molecule has 0 radical (unpaired) electrons. The van der Waals surface area contributed by atoms with Gasteiger partial charge in [-0.2, -0.15) is 0 Å². The van der Waals surface area contributed by atoms with Gasteiger partial charge in [0.2, 0.25) is 0 Å². The van der Waals surface area contributed by atoms with E-state index in [-0.39, 0.29) is 29.1 Å². The third kappa shape index (κ3) is 3.52. The van der Waals surface area contributed by atoms with Gasteiger partial charge >= 0.3 is 0 Å². The van der Waals surface area contributed by atoms with E-state index in [1.165, 1.54) is 0 Å². The molecule has 0 spiro atoms. The fraction of sp³-hybridized carbons (Fsp3) is 0.235. The number of phenolic OH excluding ortho intramolecular Hbond substituents is 2. The summed E-state index contributed by atoms with van der Waals surface area (Å²) in [5, 5.41) is 19.1. The molecular weight excluding hydrogens is 412 g/mol. The number of hydrogen-bond acceptors (Lipinski definition) is 3. The number of carbonyl (C=O) groups is 1. The van der Waals surface area contributed by atoms with Crippen molar-refractivity contribution < 1.29 is 15.0 Å². The maximum absolute atomic E-state index is 12.7. The highest BCUT2D eigenvalue weighted by molar-refractivity contribution is 9.10. The first kappa shape index (κ1) is 17.0. The van der Waals surface area contributed by atoms with Gasteiger partial charge in [0.05, 0.1) is 8.95 Å². The minimum absolute atomic E-state index is 0.0789. The number of ketones is 1. The zero-order valence-electron chi connectivity index (χ0n) is 12.2. The van der Waals surface area contributed by atoms with Gasteiger partial charge in [0, 0.05) is 11.8 Å². The first-order valence-electron chi connectivity index (χ1n) is 6.81. The Balaban J connectivity index is 2.25. The summed E-state index contributed by atoms with van der Waals surface area (Å²) >= 11 is 6.54. The van der Waals surface area contributed by atoms with Crippen LogP contribution in [0, 0.1) is 0 Å². The van der Waals surface area contributed by atoms with Gasteiger partial charge in [-0.15, -0.1) is 0 Å². The minimum Gasteiger partial charge on any atom is -0.507 e. The summed E-state index contributed by atoms with van der Waals surface area (Å²) < 4.78 is 1.15. The second kappa shape index (κ2) is 6.84. The lowest BCUT2D eigenvalue weighted by Gasteiger charge is -2.18. The molecule has 0 heterocycles. The molecule has 0 aliphatic heterocycles. The molecule has 22 heavy (non-hydrogen) atoms. The molecule has 116 valence electrons. The van der Waals surface area contributed by atoms with E-state index in [2.05, 4.69) is 31.9 Å². The Morgan fingerprint density at radius 1 is 0.864 bits per heavy atom. The van der Waals surface area contributed by atoms with Crippen LogP contribution in [-0.2, 0) is 4.79 Å². The lowest BCUT2D eigenvalue weighted by molar-refractivity contribution is -0.121. The molecule has 0 saturated heterocycles. The van der Waals surface area contributed by atoms with E-state index >= 15 is 0 Å². The molecule has 2 atom stereocenters. The molecule has 2 unspecified atom stereocenters. The molecule has 0 aliphatic rings. The van der Waals surface area contributed by atoms with Gasteiger partial charge in [0.25, 0.3) is 0 Å². The lowest BCUT2D eigenvalue weighted by atomic mass is 9.86. The second-order valence-electron chi connectivity index (χ2n) is 5.27. The van der Waals surface area contributed by atoms with Crippen molar-refractivity contribution in [3.63, 3.8) is 0 Å². The van der Waals surface area contributed by atoms with E-state index < -0.39 is 0 Å². The van der Waals surface area contributed by atoms with E-state index in [0.717, 1.165) is 11.1 Å². The molecule has 0 amide bonds. The number of carbonyl (C=O) groups excluding carboxylic acids is 1. The van der Waals surface area contributed by atoms with Crippen LogP contribution in [0.2, 0.25) is 0 Å². The van der Waals surface area contributed by atoms with Gasteiger partial charge in [0.15, 0.2) is 0 Å². The molecule has 0 fully saturated rings. The molecule has 2 N–H and O–H groups in total. The quantitative estimate of drug-likeness (QED) is 0.713. The average molecular weight is 428 g/mol. The summed E-state index contributed by atoms with van der Waals surface area (Å²) in [4.78, 5) is 12.7. The van der Waals surface area contributed by atoms with Crippen LogP contribution in [0.1, 0.15) is 36.8 Å². The van der Waals surface area contributed by atoms with Crippen LogP contribution in [0.25, 0.3) is 0 Å². The molecule has 0 bridgehead atoms. The second-order valence-corrected chi connectivity index (χ2v) is 6.98. The van der Waals surface area contributed by atoms with Crippen molar-refractivity contribution in [1.29, 1.82) is 0 Å². The molecule has 2 aromatic carbocycles. The third-order valence-corrected chi connectivity index (χ3v) is 5.07. The summed E-state index contributed by atoms with van der Waals surface area (Å²) in [7, 11) is 0. The monoisotopic (exact) mass is 426 g/mol. The van der Waals surface area contributed by atoms with E-state index in [0.29, 0.717) is 8.95 Å². The summed E-state index contributed by atoms with van der Waals surface area (Å²) in [6, 6.07) is 10.2. The van der Waals surface area contributed by atoms with Gasteiger partial charge in [0.1, 0.15) is 17.3 Å². The Morgan fingerprint density at radius 3 is 1.55 bits per heavy atom. The standard InChI is InChI=1S/C17H16Br2O3/c1-9(11-3-5-15(20)13(18)7-11)17(22)10(2)12-4-6-16(21)14(19)8-12/h3-10,20-21H,1-2H3. The summed E-state index contributed by atoms with van der Waals surface area (Å²) in [5.74, 6) is -0.202. The van der Waals surface area contributed by atoms with Crippen LogP contribution >= 0.6 is 31.9 Å². The molecule has 0 aromatic heterocycles. The van der Waals surface area contributed by atoms with Gasteiger partial charge in [-0.1, -0.05) is 26.0 Å². The zero-order chi connectivity index (χ0) is 16.4. The van der Waals surface area contributed by atoms with Gasteiger partial charge < -0.3 is 10.2 Å². The van der Waals surface area contributed by atoms with Crippen LogP contribution in [0.15, 0.2) is 45.3 Å². The molecular formula is C17H16Br2O3. The van der Waals surface area contributed by atoms with Crippen molar-refractivity contribution in [3.8, 4) is 11.5 Å². The highest BCUT2D eigenvalue weighted by atomic mass is 79.9. The highest BCUT2D eigenvalue weighted by Crippen LogP contribution is 2.33. The van der Waals surface area contributed by atoms with Crippen molar-refractivity contribution >= 4 is 37.6 Å². The van der Waals surface area contributed by atoms with Crippen LogP contribution < -0.4 is 0 Å². The Bertz CT molecular complexity index is 654. The normalized spacial score (nSPS) is 13.6. The fourth-order valence-electron chi connectivity index (χ4n) is 2.29. The minimum atomic E-state index is -0.292. The number of aromatic hydroxyl groups is 2. The molecule has 5 heteroatoms. The SMILES string of the molecule is CC(C(=O)C(C)c1ccc(O)c(Br)c1)c1ccc(O)c(Br)c1. The van der Waals surface area contributed by atoms with Crippen LogP contribution in [-0.4, -0.2) is 16.0 Å². The lowest BCUT2D eigenvalue weighted by Crippen LogP contribution is -2.16. The molecule has 3 nitrogen and oxygen atoms in total. The van der Waals surface area contributed by atoms with Crippen LogP contribution in [0.3, 0.4) is 0 Å². The number of Topliss-reactive ketones (excluding diaryl/α,β-unsaturated/α-hetero) is 1. The van der Waals surface area contributed by atoms with Crippen molar-refractivity contribution in [1.82, 2.24) is 0 Å². The summed E-state index contributed by atoms with van der Waals surface area (Å²) in [6.45, 7) is 3.71. The zero-order valence-corrected chi connectivity index (χ0v) is 15.3. The van der Waals surface area contributed by atoms with Crippen molar-refractivity contribution in [2.45, 2.75) is 25.7 Å². The van der Waals surface area contributed by atoms with Crippen LogP contribution in [0.4, 0.5) is 0 Å². The predicted octanol–water partition coefficient (Wildman–Crippen LogP) is 5.10. The Hall–Kier alpha value is -1.33. The van der Waals surface area contributed by atoms with Crippen molar-refractivity contribution in [2.75, 3.05) is 0 Å². The van der Waals surface area contributed by atoms with E-state index in [9.17, 15) is 15.0 Å². The number of phenols is 2. The first-order valence-corrected chi connectivity index (χ1v) is 8.40. The van der Waals surface area contributed by atoms with Gasteiger partial charge in [-0.3, -0.25) is 4.79 Å². The molecule has 2 rings (SSSR count). The largest absolute Gasteiger partial charge is 0.507 e. The average Bonchev–Trinajstić information content (AvgIpc) is 2.50. The first-order chi connectivity index (χ1) is 10.3. The van der Waals surface area contributed by atoms with Crippen molar-refractivity contribution in [2.24, 2.45) is 0 Å². The number of rotatable bonds is 4. The van der Waals surface area contributed by atoms with Gasteiger partial charge in [-0.25, -0.2) is 0 Å². The van der Waals surface area contributed by atoms with Crippen molar-refractivity contribution in [3.05, 3.63) is 56.5 Å². The maximum atomic E-state index is 12.7. The Morgan fingerprint density at radius 2 is 1.23 bits per heavy atom. The number of benzene rings is 2. The smallest absolute Gasteiger partial charge is 0.147 e. The molecule has 0 aliphatic carbocycles. The van der Waals surface area contributed by atoms with Gasteiger partial charge in [-0.05, 0) is 67.3 Å². The van der Waals surface area contributed by atoms with Crippen LogP contribution in [0.5, 0.6) is 11.5 Å². The topological polar surface area (TPSA) is 57.5 Å². The van der Waals surface area contributed by atoms with E-state index in [1.54, 1.807) is 36.4 Å². The number of halogens is 2.